The van der Waals surface area contributed by atoms with Gasteiger partial charge in [0.2, 0.25) is 5.89 Å². The Balaban J connectivity index is 1.62. The topological polar surface area (TPSA) is 38.4 Å². The molecule has 4 heteroatoms. The van der Waals surface area contributed by atoms with Crippen LogP contribution in [-0.4, -0.2) is 11.2 Å². The van der Waals surface area contributed by atoms with E-state index in [4.69, 9.17) is 16.0 Å². The normalized spacial score (nSPS) is 12.1. The average molecular weight is 389 g/mol. The molecule has 0 aliphatic rings. The number of oxazole rings is 1. The van der Waals surface area contributed by atoms with Gasteiger partial charge in [0.25, 0.3) is 0 Å². The summed E-state index contributed by atoms with van der Waals surface area (Å²) in [6.07, 6.45) is 1.76. The molecule has 0 bridgehead atoms. The minimum atomic E-state index is 0.119. The maximum Gasteiger partial charge on any atom is 0.227 e. The minimum Gasteiger partial charge on any atom is -0.436 e. The van der Waals surface area contributed by atoms with Gasteiger partial charge in [0.15, 0.2) is 5.58 Å². The second-order valence-corrected chi connectivity index (χ2v) is 8.19. The van der Waals surface area contributed by atoms with Gasteiger partial charge < -0.3 is 4.42 Å². The summed E-state index contributed by atoms with van der Waals surface area (Å²) >= 11 is 6.18. The SMILES string of the molecule is CC(C)(C)c1ccc(-c2nc3cc(N=Cc4ccccc4Cl)ccc3o2)cc1. The van der Waals surface area contributed by atoms with E-state index in [0.29, 0.717) is 10.9 Å². The zero-order valence-electron chi connectivity index (χ0n) is 16.1. The number of nitrogens with zero attached hydrogens (tertiary/aromatic N) is 2. The predicted molar refractivity (Wildman–Crippen MR) is 117 cm³/mol. The van der Waals surface area contributed by atoms with Crippen molar-refractivity contribution < 1.29 is 4.42 Å². The molecule has 28 heavy (non-hydrogen) atoms. The molecule has 0 radical (unpaired) electrons. The zero-order valence-corrected chi connectivity index (χ0v) is 16.9. The van der Waals surface area contributed by atoms with E-state index in [1.807, 2.05) is 42.5 Å². The van der Waals surface area contributed by atoms with Gasteiger partial charge in [0.05, 0.1) is 5.69 Å². The fourth-order valence-electron chi connectivity index (χ4n) is 2.96. The third-order valence-corrected chi connectivity index (χ3v) is 4.97. The Morgan fingerprint density at radius 2 is 1.71 bits per heavy atom. The van der Waals surface area contributed by atoms with Crippen LogP contribution in [0.3, 0.4) is 0 Å². The first-order valence-corrected chi connectivity index (χ1v) is 9.58. The van der Waals surface area contributed by atoms with Crippen LogP contribution in [-0.2, 0) is 5.41 Å². The highest BCUT2D eigenvalue weighted by Gasteiger charge is 2.14. The number of hydrogen-bond acceptors (Lipinski definition) is 3. The molecule has 3 aromatic carbocycles. The predicted octanol–water partition coefficient (Wildman–Crippen LogP) is 7.20. The lowest BCUT2D eigenvalue weighted by molar-refractivity contribution is 0.589. The lowest BCUT2D eigenvalue weighted by Gasteiger charge is -2.18. The zero-order chi connectivity index (χ0) is 19.7. The molecule has 0 saturated heterocycles. The van der Waals surface area contributed by atoms with E-state index in [0.717, 1.165) is 27.9 Å². The number of halogens is 1. The first kappa shape index (κ1) is 18.5. The second-order valence-electron chi connectivity index (χ2n) is 7.78. The van der Waals surface area contributed by atoms with Gasteiger partial charge in [-0.25, -0.2) is 4.98 Å². The van der Waals surface area contributed by atoms with Crippen molar-refractivity contribution in [3.05, 3.63) is 82.9 Å². The Morgan fingerprint density at radius 1 is 0.964 bits per heavy atom. The third-order valence-electron chi connectivity index (χ3n) is 4.63. The molecule has 0 atom stereocenters. The molecule has 140 valence electrons. The Hall–Kier alpha value is -2.91. The first-order chi connectivity index (χ1) is 13.4. The van der Waals surface area contributed by atoms with E-state index in [1.54, 1.807) is 6.21 Å². The molecule has 0 spiro atoms. The average Bonchev–Trinajstić information content (AvgIpc) is 3.10. The highest BCUT2D eigenvalue weighted by molar-refractivity contribution is 6.33. The largest absolute Gasteiger partial charge is 0.436 e. The molecule has 0 N–H and O–H groups in total. The van der Waals surface area contributed by atoms with Crippen LogP contribution >= 0.6 is 11.6 Å². The van der Waals surface area contributed by atoms with E-state index < -0.39 is 0 Å². The molecule has 1 aromatic heterocycles. The maximum atomic E-state index is 6.18. The Bertz CT molecular complexity index is 1150. The van der Waals surface area contributed by atoms with E-state index in [1.165, 1.54) is 5.56 Å². The summed E-state index contributed by atoms with van der Waals surface area (Å²) in [6.45, 7) is 6.60. The molecular weight excluding hydrogens is 368 g/mol. The minimum absolute atomic E-state index is 0.119. The summed E-state index contributed by atoms with van der Waals surface area (Å²) < 4.78 is 5.93. The van der Waals surface area contributed by atoms with Crippen LogP contribution in [0, 0.1) is 0 Å². The molecule has 1 heterocycles. The van der Waals surface area contributed by atoms with Gasteiger partial charge in [-0.15, -0.1) is 0 Å². The van der Waals surface area contributed by atoms with E-state index in [9.17, 15) is 0 Å². The lowest BCUT2D eigenvalue weighted by atomic mass is 9.87. The summed E-state index contributed by atoms with van der Waals surface area (Å²) in [7, 11) is 0. The van der Waals surface area contributed by atoms with E-state index >= 15 is 0 Å². The van der Waals surface area contributed by atoms with Crippen molar-refractivity contribution in [2.45, 2.75) is 26.2 Å². The van der Waals surface area contributed by atoms with Gasteiger partial charge in [-0.3, -0.25) is 4.99 Å². The highest BCUT2D eigenvalue weighted by atomic mass is 35.5. The van der Waals surface area contributed by atoms with Crippen LogP contribution in [0.4, 0.5) is 5.69 Å². The fraction of sp³-hybridized carbons (Fsp3) is 0.167. The van der Waals surface area contributed by atoms with E-state index in [-0.39, 0.29) is 5.41 Å². The molecule has 0 saturated carbocycles. The summed E-state index contributed by atoms with van der Waals surface area (Å²) in [6, 6.07) is 21.7. The van der Waals surface area contributed by atoms with Gasteiger partial charge in [0, 0.05) is 22.4 Å². The van der Waals surface area contributed by atoms with Crippen molar-refractivity contribution >= 4 is 34.6 Å². The van der Waals surface area contributed by atoms with Crippen LogP contribution in [0.2, 0.25) is 5.02 Å². The Kier molecular flexibility index (Phi) is 4.78. The number of rotatable bonds is 3. The van der Waals surface area contributed by atoms with Crippen molar-refractivity contribution in [1.82, 2.24) is 4.98 Å². The number of aromatic nitrogens is 1. The maximum absolute atomic E-state index is 6.18. The summed E-state index contributed by atoms with van der Waals surface area (Å²) in [5, 5.41) is 0.676. The molecule has 4 aromatic rings. The summed E-state index contributed by atoms with van der Waals surface area (Å²) in [5.41, 5.74) is 5.57. The van der Waals surface area contributed by atoms with Gasteiger partial charge in [-0.2, -0.15) is 0 Å². The van der Waals surface area contributed by atoms with Crippen molar-refractivity contribution in [2.75, 3.05) is 0 Å². The standard InChI is InChI=1S/C24H21ClN2O/c1-24(2,3)18-10-8-16(9-11-18)23-27-21-14-19(12-13-22(21)28-23)26-15-17-6-4-5-7-20(17)25/h4-15H,1-3H3. The number of hydrogen-bond donors (Lipinski definition) is 0. The Labute approximate surface area is 169 Å². The monoisotopic (exact) mass is 388 g/mol. The molecule has 0 aliphatic carbocycles. The smallest absolute Gasteiger partial charge is 0.227 e. The van der Waals surface area contributed by atoms with Crippen molar-refractivity contribution in [3.8, 4) is 11.5 Å². The van der Waals surface area contributed by atoms with Crippen LogP contribution < -0.4 is 0 Å². The fourth-order valence-corrected chi connectivity index (χ4v) is 3.14. The molecule has 0 aliphatic heterocycles. The number of benzene rings is 3. The quantitative estimate of drug-likeness (QED) is 0.348. The molecular formula is C24H21ClN2O. The number of aliphatic imine (C=N–C) groups is 1. The van der Waals surface area contributed by atoms with Crippen molar-refractivity contribution in [2.24, 2.45) is 4.99 Å². The summed E-state index contributed by atoms with van der Waals surface area (Å²) in [4.78, 5) is 9.16. The van der Waals surface area contributed by atoms with Crippen LogP contribution in [0.25, 0.3) is 22.6 Å². The third kappa shape index (κ3) is 3.85. The van der Waals surface area contributed by atoms with Gasteiger partial charge >= 0.3 is 0 Å². The molecule has 3 nitrogen and oxygen atoms in total. The van der Waals surface area contributed by atoms with Gasteiger partial charge in [0.1, 0.15) is 5.52 Å². The van der Waals surface area contributed by atoms with Gasteiger partial charge in [-0.05, 0) is 47.4 Å². The second kappa shape index (κ2) is 7.25. The van der Waals surface area contributed by atoms with Crippen molar-refractivity contribution in [3.63, 3.8) is 0 Å². The first-order valence-electron chi connectivity index (χ1n) is 9.20. The van der Waals surface area contributed by atoms with Gasteiger partial charge in [-0.1, -0.05) is 62.7 Å². The van der Waals surface area contributed by atoms with Crippen molar-refractivity contribution in [1.29, 1.82) is 0 Å². The molecule has 4 rings (SSSR count). The highest BCUT2D eigenvalue weighted by Crippen LogP contribution is 2.29. The summed E-state index contributed by atoms with van der Waals surface area (Å²) in [5.74, 6) is 0.614. The molecule has 0 unspecified atom stereocenters. The van der Waals surface area contributed by atoms with Crippen LogP contribution in [0.15, 0.2) is 76.1 Å². The lowest BCUT2D eigenvalue weighted by Crippen LogP contribution is -2.10. The van der Waals surface area contributed by atoms with E-state index in [2.05, 4.69) is 55.0 Å². The van der Waals surface area contributed by atoms with Crippen LogP contribution in [0.5, 0.6) is 0 Å². The van der Waals surface area contributed by atoms with Crippen LogP contribution in [0.1, 0.15) is 31.9 Å². The number of fused-ring (bicyclic) bond motifs is 1. The Morgan fingerprint density at radius 3 is 2.43 bits per heavy atom. The molecule has 0 fully saturated rings. The molecule has 0 amide bonds.